The van der Waals surface area contributed by atoms with E-state index in [4.69, 9.17) is 0 Å². The summed E-state index contributed by atoms with van der Waals surface area (Å²) in [6.07, 6.45) is 1.10. The van der Waals surface area contributed by atoms with E-state index in [1.54, 1.807) is 0 Å². The van der Waals surface area contributed by atoms with Crippen LogP contribution >= 0.6 is 0 Å². The van der Waals surface area contributed by atoms with Crippen molar-refractivity contribution in [3.05, 3.63) is 46.9 Å². The Morgan fingerprint density at radius 1 is 1.24 bits per heavy atom. The Balaban J connectivity index is 3.33. The van der Waals surface area contributed by atoms with Gasteiger partial charge in [-0.2, -0.15) is 0 Å². The van der Waals surface area contributed by atoms with Gasteiger partial charge in [-0.3, -0.25) is 4.79 Å². The normalized spacial score (nSPS) is 11.2. The van der Waals surface area contributed by atoms with Gasteiger partial charge in [-0.1, -0.05) is 0 Å². The molecular formula is C14H14F3NO3. The maximum atomic E-state index is 13.6. The number of ketones is 1. The lowest BCUT2D eigenvalue weighted by molar-refractivity contribution is -0.138. The standard InChI is InChI=1S/C14H14F3NO3/c1-4-21-14(20)10(7-18(2)3)13(19)9-5-8(15)6-11(16)12(9)17/h5-7H,4H2,1-3H3. The highest BCUT2D eigenvalue weighted by Gasteiger charge is 2.26. The summed E-state index contributed by atoms with van der Waals surface area (Å²) >= 11 is 0. The molecule has 0 atom stereocenters. The summed E-state index contributed by atoms with van der Waals surface area (Å²) in [5.41, 5.74) is -1.39. The highest BCUT2D eigenvalue weighted by molar-refractivity contribution is 6.24. The van der Waals surface area contributed by atoms with Gasteiger partial charge in [-0.25, -0.2) is 18.0 Å². The summed E-state index contributed by atoms with van der Waals surface area (Å²) in [6.45, 7) is 1.52. The Labute approximate surface area is 119 Å². The van der Waals surface area contributed by atoms with E-state index in [1.807, 2.05) is 0 Å². The summed E-state index contributed by atoms with van der Waals surface area (Å²) in [5, 5.41) is 0. The van der Waals surface area contributed by atoms with Crippen molar-refractivity contribution >= 4 is 11.8 Å². The summed E-state index contributed by atoms with van der Waals surface area (Å²) in [6, 6.07) is 0.843. The lowest BCUT2D eigenvalue weighted by Gasteiger charge is -2.11. The van der Waals surface area contributed by atoms with Crippen LogP contribution in [-0.2, 0) is 9.53 Å². The fraction of sp³-hybridized carbons (Fsp3) is 0.286. The number of ether oxygens (including phenoxy) is 1. The lowest BCUT2D eigenvalue weighted by Crippen LogP contribution is -2.20. The van der Waals surface area contributed by atoms with Gasteiger partial charge in [0.2, 0.25) is 5.78 Å². The molecule has 0 aromatic heterocycles. The first-order chi connectivity index (χ1) is 9.77. The van der Waals surface area contributed by atoms with Gasteiger partial charge < -0.3 is 9.64 Å². The third-order valence-corrected chi connectivity index (χ3v) is 2.36. The molecule has 0 aliphatic heterocycles. The van der Waals surface area contributed by atoms with E-state index in [2.05, 4.69) is 4.74 Å². The molecule has 0 bridgehead atoms. The van der Waals surface area contributed by atoms with E-state index in [0.29, 0.717) is 12.1 Å². The first kappa shape index (κ1) is 16.7. The molecule has 0 fully saturated rings. The van der Waals surface area contributed by atoms with Crippen molar-refractivity contribution in [2.45, 2.75) is 6.92 Å². The van der Waals surface area contributed by atoms with Crippen LogP contribution < -0.4 is 0 Å². The van der Waals surface area contributed by atoms with Crippen LogP contribution in [0.3, 0.4) is 0 Å². The van der Waals surface area contributed by atoms with Crippen LogP contribution in [0.4, 0.5) is 13.2 Å². The van der Waals surface area contributed by atoms with Crippen LogP contribution in [0.1, 0.15) is 17.3 Å². The van der Waals surface area contributed by atoms with Gasteiger partial charge in [0.1, 0.15) is 11.4 Å². The third-order valence-electron chi connectivity index (χ3n) is 2.36. The molecule has 4 nitrogen and oxygen atoms in total. The van der Waals surface area contributed by atoms with E-state index in [0.717, 1.165) is 6.20 Å². The van der Waals surface area contributed by atoms with E-state index >= 15 is 0 Å². The number of carbonyl (C=O) groups excluding carboxylic acids is 2. The molecular weight excluding hydrogens is 287 g/mol. The Bertz CT molecular complexity index is 597. The van der Waals surface area contributed by atoms with E-state index in [-0.39, 0.29) is 6.61 Å². The quantitative estimate of drug-likeness (QED) is 0.209. The fourth-order valence-corrected chi connectivity index (χ4v) is 1.54. The van der Waals surface area contributed by atoms with Crippen molar-refractivity contribution in [1.29, 1.82) is 0 Å². The average molecular weight is 301 g/mol. The van der Waals surface area contributed by atoms with Crippen molar-refractivity contribution in [1.82, 2.24) is 4.90 Å². The smallest absolute Gasteiger partial charge is 0.343 e. The number of Topliss-reactive ketones (excluding diaryl/α,β-unsaturated/α-hetero) is 1. The molecule has 1 aromatic rings. The second-order valence-corrected chi connectivity index (χ2v) is 4.31. The number of halogens is 3. The molecule has 0 saturated carbocycles. The first-order valence-electron chi connectivity index (χ1n) is 6.02. The highest BCUT2D eigenvalue weighted by atomic mass is 19.2. The second-order valence-electron chi connectivity index (χ2n) is 4.31. The molecule has 1 aromatic carbocycles. The van der Waals surface area contributed by atoms with Crippen LogP contribution in [0, 0.1) is 17.5 Å². The molecule has 0 saturated heterocycles. The number of nitrogens with zero attached hydrogens (tertiary/aromatic N) is 1. The Morgan fingerprint density at radius 3 is 2.38 bits per heavy atom. The number of carbonyl (C=O) groups is 2. The maximum Gasteiger partial charge on any atom is 0.343 e. The van der Waals surface area contributed by atoms with Crippen LogP contribution in [0.25, 0.3) is 0 Å². The zero-order chi connectivity index (χ0) is 16.2. The van der Waals surface area contributed by atoms with Crippen molar-refractivity contribution < 1.29 is 27.5 Å². The topological polar surface area (TPSA) is 46.6 Å². The van der Waals surface area contributed by atoms with Crippen molar-refractivity contribution in [3.8, 4) is 0 Å². The summed E-state index contributed by atoms with van der Waals surface area (Å²) in [5.74, 6) is -6.30. The van der Waals surface area contributed by atoms with E-state index in [1.165, 1.54) is 25.9 Å². The average Bonchev–Trinajstić information content (AvgIpc) is 2.39. The molecule has 0 N–H and O–H groups in total. The fourth-order valence-electron chi connectivity index (χ4n) is 1.54. The largest absolute Gasteiger partial charge is 0.462 e. The molecule has 0 heterocycles. The number of rotatable bonds is 5. The first-order valence-corrected chi connectivity index (χ1v) is 6.02. The number of esters is 1. The zero-order valence-corrected chi connectivity index (χ0v) is 11.7. The minimum absolute atomic E-state index is 0.00310. The van der Waals surface area contributed by atoms with E-state index < -0.39 is 40.3 Å². The van der Waals surface area contributed by atoms with E-state index in [9.17, 15) is 22.8 Å². The van der Waals surface area contributed by atoms with Crippen LogP contribution in [0.5, 0.6) is 0 Å². The Hall–Kier alpha value is -2.31. The maximum absolute atomic E-state index is 13.6. The number of hydrogen-bond donors (Lipinski definition) is 0. The van der Waals surface area contributed by atoms with Gasteiger partial charge in [0.05, 0.1) is 12.2 Å². The Morgan fingerprint density at radius 2 is 1.86 bits per heavy atom. The van der Waals surface area contributed by atoms with Gasteiger partial charge >= 0.3 is 5.97 Å². The summed E-state index contributed by atoms with van der Waals surface area (Å²) in [4.78, 5) is 25.2. The van der Waals surface area contributed by atoms with Crippen molar-refractivity contribution in [2.24, 2.45) is 0 Å². The predicted octanol–water partition coefficient (Wildman–Crippen LogP) is 2.30. The number of benzene rings is 1. The van der Waals surface area contributed by atoms with Gasteiger partial charge in [0, 0.05) is 26.4 Å². The molecule has 0 spiro atoms. The monoisotopic (exact) mass is 301 g/mol. The van der Waals surface area contributed by atoms with Crippen LogP contribution in [0.2, 0.25) is 0 Å². The van der Waals surface area contributed by atoms with Gasteiger partial charge in [0.25, 0.3) is 0 Å². The minimum atomic E-state index is -1.52. The van der Waals surface area contributed by atoms with Gasteiger partial charge in [-0.15, -0.1) is 0 Å². The molecule has 21 heavy (non-hydrogen) atoms. The van der Waals surface area contributed by atoms with Crippen LogP contribution in [-0.4, -0.2) is 37.4 Å². The molecule has 1 rings (SSSR count). The van der Waals surface area contributed by atoms with Gasteiger partial charge in [0.15, 0.2) is 11.6 Å². The minimum Gasteiger partial charge on any atom is -0.462 e. The molecule has 0 radical (unpaired) electrons. The molecule has 0 aliphatic rings. The SMILES string of the molecule is CCOC(=O)C(=CN(C)C)C(=O)c1cc(F)cc(F)c1F. The zero-order valence-electron chi connectivity index (χ0n) is 11.7. The Kier molecular flexibility index (Phi) is 5.52. The number of hydrogen-bond acceptors (Lipinski definition) is 4. The van der Waals surface area contributed by atoms with Crippen LogP contribution in [0.15, 0.2) is 23.9 Å². The molecule has 114 valence electrons. The molecule has 0 aliphatic carbocycles. The highest BCUT2D eigenvalue weighted by Crippen LogP contribution is 2.19. The summed E-state index contributed by atoms with van der Waals surface area (Å²) < 4.78 is 44.6. The summed E-state index contributed by atoms with van der Waals surface area (Å²) in [7, 11) is 3.05. The third kappa shape index (κ3) is 4.08. The predicted molar refractivity (Wildman–Crippen MR) is 69.0 cm³/mol. The van der Waals surface area contributed by atoms with Gasteiger partial charge in [-0.05, 0) is 13.0 Å². The second kappa shape index (κ2) is 6.92. The molecule has 0 amide bonds. The van der Waals surface area contributed by atoms with Crippen molar-refractivity contribution in [2.75, 3.05) is 20.7 Å². The molecule has 0 unspecified atom stereocenters. The lowest BCUT2D eigenvalue weighted by atomic mass is 10.0. The molecule has 7 heteroatoms. The van der Waals surface area contributed by atoms with Crippen molar-refractivity contribution in [3.63, 3.8) is 0 Å².